The molecule has 0 amide bonds. The third-order valence-corrected chi connectivity index (χ3v) is 2.71. The second kappa shape index (κ2) is 5.26. The van der Waals surface area contributed by atoms with Crippen LogP contribution in [0.1, 0.15) is 42.7 Å². The fourth-order valence-corrected chi connectivity index (χ4v) is 1.99. The zero-order valence-corrected chi connectivity index (χ0v) is 10.4. The van der Waals surface area contributed by atoms with Crippen LogP contribution in [-0.2, 0) is 4.74 Å². The van der Waals surface area contributed by atoms with Crippen LogP contribution in [0.4, 0.5) is 0 Å². The minimum absolute atomic E-state index is 0.0421. The van der Waals surface area contributed by atoms with Gasteiger partial charge in [0.25, 0.3) is 0 Å². The zero-order chi connectivity index (χ0) is 11.4. The summed E-state index contributed by atoms with van der Waals surface area (Å²) in [6.07, 6.45) is 0.842. The van der Waals surface area contributed by atoms with Gasteiger partial charge in [0.2, 0.25) is 0 Å². The van der Waals surface area contributed by atoms with Crippen molar-refractivity contribution in [3.05, 3.63) is 16.1 Å². The van der Waals surface area contributed by atoms with Crippen LogP contribution in [0.25, 0.3) is 0 Å². The second-order valence-electron chi connectivity index (χ2n) is 4.10. The van der Waals surface area contributed by atoms with Crippen molar-refractivity contribution in [2.45, 2.75) is 40.2 Å². The maximum absolute atomic E-state index is 11.6. The number of nitrogens with zero attached hydrogens (tertiary/aromatic N) is 1. The van der Waals surface area contributed by atoms with Gasteiger partial charge in [-0.1, -0.05) is 13.8 Å². The Morgan fingerprint density at radius 3 is 2.67 bits per heavy atom. The molecule has 0 radical (unpaired) electrons. The van der Waals surface area contributed by atoms with Crippen LogP contribution < -0.4 is 0 Å². The Hall–Kier alpha value is -0.900. The highest BCUT2D eigenvalue weighted by Crippen LogP contribution is 2.13. The number of hydrogen-bond acceptors (Lipinski definition) is 4. The van der Waals surface area contributed by atoms with Crippen LogP contribution in [0.3, 0.4) is 0 Å². The maximum Gasteiger partial charge on any atom is 0.358 e. The third kappa shape index (κ3) is 4.00. The quantitative estimate of drug-likeness (QED) is 0.742. The predicted octanol–water partition coefficient (Wildman–Crippen LogP) is 3.04. The largest absolute Gasteiger partial charge is 0.458 e. The minimum Gasteiger partial charge on any atom is -0.458 e. The molecule has 15 heavy (non-hydrogen) atoms. The monoisotopic (exact) mass is 227 g/mol. The van der Waals surface area contributed by atoms with Gasteiger partial charge in [-0.15, -0.1) is 11.3 Å². The van der Waals surface area contributed by atoms with Gasteiger partial charge in [-0.3, -0.25) is 0 Å². The van der Waals surface area contributed by atoms with Crippen molar-refractivity contribution in [2.24, 2.45) is 5.92 Å². The summed E-state index contributed by atoms with van der Waals surface area (Å²) in [5, 5.41) is 2.62. The number of ether oxygens (including phenoxy) is 1. The molecule has 1 heterocycles. The molecule has 0 aliphatic rings. The summed E-state index contributed by atoms with van der Waals surface area (Å²) in [7, 11) is 0. The molecule has 0 aliphatic carbocycles. The number of carbonyl (C=O) groups is 1. The normalized spacial score (nSPS) is 12.9. The van der Waals surface area contributed by atoms with Gasteiger partial charge in [0.15, 0.2) is 5.69 Å². The van der Waals surface area contributed by atoms with Crippen molar-refractivity contribution in [2.75, 3.05) is 0 Å². The Kier molecular flexibility index (Phi) is 4.27. The Morgan fingerprint density at radius 1 is 1.53 bits per heavy atom. The van der Waals surface area contributed by atoms with Crippen molar-refractivity contribution in [3.63, 3.8) is 0 Å². The van der Waals surface area contributed by atoms with Gasteiger partial charge in [-0.05, 0) is 26.2 Å². The van der Waals surface area contributed by atoms with E-state index < -0.39 is 0 Å². The van der Waals surface area contributed by atoms with E-state index in [1.807, 2.05) is 13.8 Å². The van der Waals surface area contributed by atoms with Crippen LogP contribution in [0.15, 0.2) is 5.38 Å². The van der Waals surface area contributed by atoms with Crippen molar-refractivity contribution < 1.29 is 9.53 Å². The maximum atomic E-state index is 11.6. The molecule has 0 fully saturated rings. The molecule has 1 aromatic rings. The highest BCUT2D eigenvalue weighted by molar-refractivity contribution is 7.09. The fraction of sp³-hybridized carbons (Fsp3) is 0.636. The summed E-state index contributed by atoms with van der Waals surface area (Å²) in [6, 6.07) is 0. The third-order valence-electron chi connectivity index (χ3n) is 1.94. The first-order valence-corrected chi connectivity index (χ1v) is 6.00. The van der Waals surface area contributed by atoms with Gasteiger partial charge < -0.3 is 4.74 Å². The standard InChI is InChI=1S/C11H17NO2S/c1-7(2)5-8(3)14-11(13)10-6-15-9(4)12-10/h6-8H,5H2,1-4H3/t8-/m1/s1. The predicted molar refractivity (Wildman–Crippen MR) is 61.2 cm³/mol. The van der Waals surface area contributed by atoms with Gasteiger partial charge in [0.1, 0.15) is 0 Å². The molecule has 0 bridgehead atoms. The first-order valence-electron chi connectivity index (χ1n) is 5.12. The molecule has 84 valence electrons. The van der Waals surface area contributed by atoms with E-state index in [0.717, 1.165) is 11.4 Å². The number of hydrogen-bond donors (Lipinski definition) is 0. The van der Waals surface area contributed by atoms with Gasteiger partial charge in [0.05, 0.1) is 11.1 Å². The number of thiazole rings is 1. The Labute approximate surface area is 94.5 Å². The Balaban J connectivity index is 2.49. The lowest BCUT2D eigenvalue weighted by atomic mass is 10.1. The smallest absolute Gasteiger partial charge is 0.358 e. The van der Waals surface area contributed by atoms with E-state index in [9.17, 15) is 4.79 Å². The van der Waals surface area contributed by atoms with Crippen LogP contribution >= 0.6 is 11.3 Å². The van der Waals surface area contributed by atoms with E-state index in [1.165, 1.54) is 11.3 Å². The zero-order valence-electron chi connectivity index (χ0n) is 9.61. The van der Waals surface area contributed by atoms with Crippen LogP contribution in [0.5, 0.6) is 0 Å². The van der Waals surface area contributed by atoms with Gasteiger partial charge in [-0.2, -0.15) is 0 Å². The average Bonchev–Trinajstić information content (AvgIpc) is 2.49. The van der Waals surface area contributed by atoms with Gasteiger partial charge in [0, 0.05) is 5.38 Å². The second-order valence-corrected chi connectivity index (χ2v) is 5.16. The van der Waals surface area contributed by atoms with Crippen LogP contribution in [0.2, 0.25) is 0 Å². The van der Waals surface area contributed by atoms with Crippen molar-refractivity contribution in [1.82, 2.24) is 4.98 Å². The van der Waals surface area contributed by atoms with E-state index in [2.05, 4.69) is 18.8 Å². The lowest BCUT2D eigenvalue weighted by Crippen LogP contribution is -2.17. The first-order chi connectivity index (χ1) is 6.99. The van der Waals surface area contributed by atoms with E-state index >= 15 is 0 Å². The average molecular weight is 227 g/mol. The number of aromatic nitrogens is 1. The van der Waals surface area contributed by atoms with Crippen molar-refractivity contribution in [1.29, 1.82) is 0 Å². The topological polar surface area (TPSA) is 39.2 Å². The molecule has 0 N–H and O–H groups in total. The summed E-state index contributed by atoms with van der Waals surface area (Å²) in [5.41, 5.74) is 0.424. The lowest BCUT2D eigenvalue weighted by Gasteiger charge is -2.14. The molecule has 0 saturated carbocycles. The first kappa shape index (κ1) is 12.2. The molecule has 0 aromatic carbocycles. The summed E-state index contributed by atoms with van der Waals surface area (Å²) in [4.78, 5) is 15.7. The lowest BCUT2D eigenvalue weighted by molar-refractivity contribution is 0.0293. The fourth-order valence-electron chi connectivity index (χ4n) is 1.41. The molecule has 4 heteroatoms. The Bertz CT molecular complexity index is 333. The molecule has 1 aromatic heterocycles. The number of carbonyl (C=O) groups excluding carboxylic acids is 1. The highest BCUT2D eigenvalue weighted by Gasteiger charge is 2.15. The molecule has 1 atom stereocenters. The minimum atomic E-state index is -0.312. The van der Waals surface area contributed by atoms with E-state index in [4.69, 9.17) is 4.74 Å². The molecule has 0 saturated heterocycles. The summed E-state index contributed by atoms with van der Waals surface area (Å²) < 4.78 is 5.27. The van der Waals surface area contributed by atoms with Gasteiger partial charge in [-0.25, -0.2) is 9.78 Å². The van der Waals surface area contributed by atoms with Crippen molar-refractivity contribution >= 4 is 17.3 Å². The summed E-state index contributed by atoms with van der Waals surface area (Å²) in [6.45, 7) is 8.00. The Morgan fingerprint density at radius 2 is 2.20 bits per heavy atom. The van der Waals surface area contributed by atoms with Crippen LogP contribution in [0, 0.1) is 12.8 Å². The molecule has 3 nitrogen and oxygen atoms in total. The SMILES string of the molecule is Cc1nc(C(=O)O[C@H](C)CC(C)C)cs1. The molecular weight excluding hydrogens is 210 g/mol. The number of aryl methyl sites for hydroxylation is 1. The molecule has 0 spiro atoms. The molecular formula is C11H17NO2S. The number of esters is 1. The summed E-state index contributed by atoms with van der Waals surface area (Å²) >= 11 is 1.46. The van der Waals surface area contributed by atoms with E-state index in [1.54, 1.807) is 5.38 Å². The van der Waals surface area contributed by atoms with Gasteiger partial charge >= 0.3 is 5.97 Å². The summed E-state index contributed by atoms with van der Waals surface area (Å²) in [5.74, 6) is 0.220. The van der Waals surface area contributed by atoms with Crippen LogP contribution in [-0.4, -0.2) is 17.1 Å². The molecule has 1 rings (SSSR count). The highest BCUT2D eigenvalue weighted by atomic mass is 32.1. The van der Waals surface area contributed by atoms with Crippen molar-refractivity contribution in [3.8, 4) is 0 Å². The van der Waals surface area contributed by atoms with E-state index in [-0.39, 0.29) is 12.1 Å². The molecule has 0 unspecified atom stereocenters. The number of rotatable bonds is 4. The molecule has 0 aliphatic heterocycles. The van der Waals surface area contributed by atoms with E-state index in [0.29, 0.717) is 11.6 Å².